The maximum Gasteiger partial charge on any atom is 0.160 e. The van der Waals surface area contributed by atoms with Crippen molar-refractivity contribution in [3.8, 4) is 0 Å². The first-order valence-electron chi connectivity index (χ1n) is 21.3. The molecule has 0 spiro atoms. The van der Waals surface area contributed by atoms with Gasteiger partial charge in [0.1, 0.15) is 0 Å². The Morgan fingerprint density at radius 1 is 0.367 bits per heavy atom. The second-order valence-corrected chi connectivity index (χ2v) is 21.8. The van der Waals surface area contributed by atoms with Gasteiger partial charge in [-0.2, -0.15) is 0 Å². The predicted octanol–water partition coefficient (Wildman–Crippen LogP) is 15.5. The van der Waals surface area contributed by atoms with E-state index >= 15 is 0 Å². The number of halogens is 2. The second kappa shape index (κ2) is 31.7. The summed E-state index contributed by atoms with van der Waals surface area (Å²) in [7, 11) is 0. The molecular weight excluding hydrogens is 830 g/mol. The molecule has 0 fully saturated rings. The van der Waals surface area contributed by atoms with Crippen LogP contribution in [0.15, 0.2) is 0 Å². The van der Waals surface area contributed by atoms with Gasteiger partial charge in [-0.05, 0) is 137 Å². The zero-order valence-electron chi connectivity index (χ0n) is 35.1. The van der Waals surface area contributed by atoms with Crippen molar-refractivity contribution in [3.05, 3.63) is 0 Å². The van der Waals surface area contributed by atoms with E-state index in [4.69, 9.17) is 14.2 Å². The first kappa shape index (κ1) is 50.3. The second-order valence-electron chi connectivity index (χ2n) is 17.6. The van der Waals surface area contributed by atoms with Crippen LogP contribution in [0.1, 0.15) is 199 Å². The monoisotopic (exact) mass is 918 g/mol. The number of hydrogen-bond donors (Lipinski definition) is 0. The van der Waals surface area contributed by atoms with E-state index in [1.165, 1.54) is 64.2 Å². The average molecular weight is 919 g/mol. The lowest BCUT2D eigenvalue weighted by atomic mass is 9.83. The van der Waals surface area contributed by atoms with Crippen LogP contribution in [0, 0.1) is 47.3 Å². The fraction of sp³-hybridized carbons (Fsp3) is 1.00. The fourth-order valence-corrected chi connectivity index (χ4v) is 10.3. The molecule has 0 saturated heterocycles. The standard InChI is InChI=1S/C44H88I2O3/c1-13-15-23-47-43(21-17-19-33(3)25-35(5)27-37(7)29-39(9)31-41(11)45)49-44(48-24-16-14-2)22-18-20-34(4)26-36(6)28-38(8)30-40(10)32-42(12)46/h33-44H,13-32H2,1-12H3. The van der Waals surface area contributed by atoms with E-state index in [2.05, 4.69) is 128 Å². The van der Waals surface area contributed by atoms with Crippen molar-refractivity contribution in [1.29, 1.82) is 0 Å². The molecule has 0 heterocycles. The first-order valence-corrected chi connectivity index (χ1v) is 23.8. The van der Waals surface area contributed by atoms with Gasteiger partial charge in [-0.1, -0.05) is 154 Å². The highest BCUT2D eigenvalue weighted by atomic mass is 127. The molecule has 0 aliphatic carbocycles. The van der Waals surface area contributed by atoms with E-state index in [1.807, 2.05) is 0 Å². The summed E-state index contributed by atoms with van der Waals surface area (Å²) in [6.45, 7) is 30.4. The quantitative estimate of drug-likeness (QED) is 0.0279. The fourth-order valence-electron chi connectivity index (χ4n) is 8.58. The van der Waals surface area contributed by atoms with Crippen molar-refractivity contribution < 1.29 is 14.2 Å². The topological polar surface area (TPSA) is 27.7 Å². The lowest BCUT2D eigenvalue weighted by molar-refractivity contribution is -0.250. The van der Waals surface area contributed by atoms with Crippen molar-refractivity contribution in [2.24, 2.45) is 47.3 Å². The van der Waals surface area contributed by atoms with E-state index in [1.54, 1.807) is 0 Å². The molecular formula is C44H88I2O3. The van der Waals surface area contributed by atoms with Crippen LogP contribution in [-0.2, 0) is 14.2 Å². The van der Waals surface area contributed by atoms with Crippen LogP contribution < -0.4 is 0 Å². The summed E-state index contributed by atoms with van der Waals surface area (Å²) in [5.74, 6) is 6.41. The van der Waals surface area contributed by atoms with Crippen molar-refractivity contribution >= 4 is 45.2 Å². The maximum absolute atomic E-state index is 6.66. The van der Waals surface area contributed by atoms with E-state index in [0.29, 0.717) is 0 Å². The molecule has 0 saturated carbocycles. The van der Waals surface area contributed by atoms with Crippen LogP contribution in [0.5, 0.6) is 0 Å². The SMILES string of the molecule is CCCCOC(CCCC(C)CC(C)CC(C)CC(C)CC(C)I)OC(CCCC(C)CC(C)CC(C)CC(C)CC(C)I)OCCCC. The van der Waals surface area contributed by atoms with Crippen LogP contribution >= 0.6 is 45.2 Å². The van der Waals surface area contributed by atoms with Gasteiger partial charge in [-0.3, -0.25) is 0 Å². The molecule has 12 atom stereocenters. The highest BCUT2D eigenvalue weighted by Crippen LogP contribution is 2.30. The molecule has 0 radical (unpaired) electrons. The van der Waals surface area contributed by atoms with Gasteiger partial charge in [0.15, 0.2) is 12.6 Å². The molecule has 0 bridgehead atoms. The molecule has 5 heteroatoms. The normalized spacial score (nSPS) is 19.7. The summed E-state index contributed by atoms with van der Waals surface area (Å²) in [6, 6.07) is 0. The summed E-state index contributed by atoms with van der Waals surface area (Å²) in [4.78, 5) is 0. The third-order valence-electron chi connectivity index (χ3n) is 10.5. The highest BCUT2D eigenvalue weighted by Gasteiger charge is 2.21. The largest absolute Gasteiger partial charge is 0.353 e. The van der Waals surface area contributed by atoms with Crippen LogP contribution in [0.25, 0.3) is 0 Å². The summed E-state index contributed by atoms with van der Waals surface area (Å²) >= 11 is 5.16. The van der Waals surface area contributed by atoms with Crippen molar-refractivity contribution in [3.63, 3.8) is 0 Å². The molecule has 0 aliphatic heterocycles. The zero-order chi connectivity index (χ0) is 37.2. The van der Waals surface area contributed by atoms with Crippen molar-refractivity contribution in [1.82, 2.24) is 0 Å². The minimum atomic E-state index is -0.152. The van der Waals surface area contributed by atoms with Gasteiger partial charge in [0, 0.05) is 21.1 Å². The number of ether oxygens (including phenoxy) is 3. The minimum Gasteiger partial charge on any atom is -0.353 e. The summed E-state index contributed by atoms with van der Waals surface area (Å²) in [5, 5.41) is 0. The van der Waals surface area contributed by atoms with Crippen LogP contribution in [-0.4, -0.2) is 33.6 Å². The average Bonchev–Trinajstić information content (AvgIpc) is 2.95. The minimum absolute atomic E-state index is 0.152. The van der Waals surface area contributed by atoms with Gasteiger partial charge >= 0.3 is 0 Å². The highest BCUT2D eigenvalue weighted by molar-refractivity contribution is 14.1. The molecule has 296 valence electrons. The summed E-state index contributed by atoms with van der Waals surface area (Å²) in [5.41, 5.74) is 0. The lowest BCUT2D eigenvalue weighted by Gasteiger charge is -2.27. The van der Waals surface area contributed by atoms with Gasteiger partial charge in [0.05, 0.1) is 0 Å². The van der Waals surface area contributed by atoms with E-state index in [-0.39, 0.29) is 12.6 Å². The molecule has 12 unspecified atom stereocenters. The third kappa shape index (κ3) is 31.4. The van der Waals surface area contributed by atoms with E-state index in [9.17, 15) is 0 Å². The molecule has 0 aromatic carbocycles. The number of unbranched alkanes of at least 4 members (excludes halogenated alkanes) is 2. The predicted molar refractivity (Wildman–Crippen MR) is 235 cm³/mol. The van der Waals surface area contributed by atoms with Gasteiger partial charge in [0.2, 0.25) is 0 Å². The molecule has 0 aromatic rings. The zero-order valence-corrected chi connectivity index (χ0v) is 39.4. The number of rotatable bonds is 34. The Labute approximate surface area is 336 Å². The molecule has 0 amide bonds. The van der Waals surface area contributed by atoms with Gasteiger partial charge < -0.3 is 14.2 Å². The Kier molecular flexibility index (Phi) is 32.5. The molecule has 3 nitrogen and oxygen atoms in total. The summed E-state index contributed by atoms with van der Waals surface area (Å²) in [6.07, 6.45) is 21.8. The molecule has 0 aliphatic rings. The number of hydrogen-bond acceptors (Lipinski definition) is 3. The molecule has 0 rings (SSSR count). The van der Waals surface area contributed by atoms with Crippen molar-refractivity contribution in [2.75, 3.05) is 13.2 Å². The Hall–Kier alpha value is 1.34. The molecule has 0 N–H and O–H groups in total. The van der Waals surface area contributed by atoms with Crippen molar-refractivity contribution in [2.45, 2.75) is 219 Å². The number of alkyl halides is 2. The van der Waals surface area contributed by atoms with Crippen LogP contribution in [0.3, 0.4) is 0 Å². The lowest BCUT2D eigenvalue weighted by Crippen LogP contribution is -2.28. The third-order valence-corrected chi connectivity index (χ3v) is 11.5. The molecule has 0 aromatic heterocycles. The molecule has 49 heavy (non-hydrogen) atoms. The van der Waals surface area contributed by atoms with Crippen LogP contribution in [0.4, 0.5) is 0 Å². The maximum atomic E-state index is 6.66. The van der Waals surface area contributed by atoms with E-state index in [0.717, 1.165) is 120 Å². The van der Waals surface area contributed by atoms with Gasteiger partial charge in [0.25, 0.3) is 0 Å². The first-order chi connectivity index (χ1) is 23.1. The summed E-state index contributed by atoms with van der Waals surface area (Å²) < 4.78 is 20.9. The Bertz CT molecular complexity index is 660. The Morgan fingerprint density at radius 3 is 0.939 bits per heavy atom. The smallest absolute Gasteiger partial charge is 0.160 e. The van der Waals surface area contributed by atoms with Crippen LogP contribution in [0.2, 0.25) is 0 Å². The Morgan fingerprint density at radius 2 is 0.653 bits per heavy atom. The Balaban J connectivity index is 4.86. The van der Waals surface area contributed by atoms with Gasteiger partial charge in [-0.25, -0.2) is 0 Å². The van der Waals surface area contributed by atoms with Gasteiger partial charge in [-0.15, -0.1) is 0 Å². The van der Waals surface area contributed by atoms with E-state index < -0.39 is 0 Å².